The van der Waals surface area contributed by atoms with Crippen LogP contribution < -0.4 is 5.32 Å². The first-order valence-corrected chi connectivity index (χ1v) is 7.49. The highest BCUT2D eigenvalue weighted by molar-refractivity contribution is 7.07. The van der Waals surface area contributed by atoms with E-state index >= 15 is 0 Å². The molecule has 1 unspecified atom stereocenters. The van der Waals surface area contributed by atoms with Crippen LogP contribution in [0.15, 0.2) is 59.3 Å². The number of likely N-dealkylation sites (N-methyl/N-ethyl adjacent to an activating group) is 1. The van der Waals surface area contributed by atoms with E-state index in [2.05, 4.69) is 64.6 Å². The number of rotatable bonds is 4. The van der Waals surface area contributed by atoms with Gasteiger partial charge >= 0.3 is 0 Å². The lowest BCUT2D eigenvalue weighted by Gasteiger charge is -2.18. The molecule has 0 aliphatic rings. The van der Waals surface area contributed by atoms with E-state index in [1.807, 2.05) is 7.05 Å². The van der Waals surface area contributed by atoms with Crippen molar-refractivity contribution in [2.24, 2.45) is 0 Å². The molecule has 0 aliphatic heterocycles. The average molecular weight is 267 g/mol. The van der Waals surface area contributed by atoms with E-state index < -0.39 is 0 Å². The molecule has 0 fully saturated rings. The van der Waals surface area contributed by atoms with Gasteiger partial charge in [0.05, 0.1) is 0 Å². The molecule has 2 aromatic carbocycles. The van der Waals surface area contributed by atoms with E-state index in [-0.39, 0.29) is 0 Å². The monoisotopic (exact) mass is 267 g/mol. The molecule has 96 valence electrons. The van der Waals surface area contributed by atoms with Gasteiger partial charge < -0.3 is 5.32 Å². The molecule has 0 radical (unpaired) electrons. The number of hydrogen-bond donors (Lipinski definition) is 1. The molecule has 0 saturated heterocycles. The summed E-state index contributed by atoms with van der Waals surface area (Å²) in [4.78, 5) is 0. The molecule has 3 aromatic rings. The number of thiophene rings is 1. The van der Waals surface area contributed by atoms with Gasteiger partial charge in [-0.25, -0.2) is 0 Å². The van der Waals surface area contributed by atoms with Crippen molar-refractivity contribution in [3.8, 4) is 0 Å². The predicted molar refractivity (Wildman–Crippen MR) is 83.8 cm³/mol. The molecule has 3 rings (SSSR count). The molecule has 2 heteroatoms. The Kier molecular flexibility index (Phi) is 3.62. The van der Waals surface area contributed by atoms with E-state index in [0.717, 1.165) is 6.42 Å². The Morgan fingerprint density at radius 1 is 1.05 bits per heavy atom. The molecule has 1 N–H and O–H groups in total. The van der Waals surface area contributed by atoms with Crippen LogP contribution in [0, 0.1) is 0 Å². The third-order valence-electron chi connectivity index (χ3n) is 3.57. The summed E-state index contributed by atoms with van der Waals surface area (Å²) in [6.45, 7) is 0. The molecule has 0 aliphatic carbocycles. The fraction of sp³-hybridized carbons (Fsp3) is 0.176. The van der Waals surface area contributed by atoms with E-state index in [0.29, 0.717) is 6.04 Å². The highest BCUT2D eigenvalue weighted by atomic mass is 32.1. The normalized spacial score (nSPS) is 12.7. The molecule has 1 heterocycles. The summed E-state index contributed by atoms with van der Waals surface area (Å²) in [7, 11) is 2.04. The minimum absolute atomic E-state index is 0.362. The van der Waals surface area contributed by atoms with Crippen LogP contribution in [0.25, 0.3) is 10.8 Å². The maximum atomic E-state index is 3.45. The van der Waals surface area contributed by atoms with Crippen LogP contribution >= 0.6 is 11.3 Å². The Bertz CT molecular complexity index is 653. The molecule has 0 saturated carbocycles. The van der Waals surface area contributed by atoms with Gasteiger partial charge in [0.2, 0.25) is 0 Å². The average Bonchev–Trinajstić information content (AvgIpc) is 2.97. The van der Waals surface area contributed by atoms with Gasteiger partial charge in [-0.2, -0.15) is 11.3 Å². The summed E-state index contributed by atoms with van der Waals surface area (Å²) in [5.41, 5.74) is 2.78. The lowest BCUT2D eigenvalue weighted by atomic mass is 9.95. The van der Waals surface area contributed by atoms with E-state index in [1.165, 1.54) is 21.9 Å². The second-order valence-corrected chi connectivity index (χ2v) is 5.53. The third-order valence-corrected chi connectivity index (χ3v) is 4.30. The molecule has 0 bridgehead atoms. The number of benzene rings is 2. The zero-order chi connectivity index (χ0) is 13.1. The molecule has 0 amide bonds. The van der Waals surface area contributed by atoms with Crippen LogP contribution in [0.4, 0.5) is 0 Å². The summed E-state index contributed by atoms with van der Waals surface area (Å²) in [6, 6.07) is 17.7. The van der Waals surface area contributed by atoms with Crippen molar-refractivity contribution >= 4 is 22.1 Å². The first-order chi connectivity index (χ1) is 9.38. The highest BCUT2D eigenvalue weighted by Crippen LogP contribution is 2.27. The summed E-state index contributed by atoms with van der Waals surface area (Å²) in [5.74, 6) is 0. The van der Waals surface area contributed by atoms with E-state index in [1.54, 1.807) is 11.3 Å². The predicted octanol–water partition coefficient (Wildman–Crippen LogP) is 4.40. The SMILES string of the molecule is CNC(Cc1ccsc1)c1cccc2ccccc12. The molecular weight excluding hydrogens is 250 g/mol. The maximum absolute atomic E-state index is 3.45. The smallest absolute Gasteiger partial charge is 0.0364 e. The first kappa shape index (κ1) is 12.4. The Labute approximate surface area is 117 Å². The second kappa shape index (κ2) is 5.55. The first-order valence-electron chi connectivity index (χ1n) is 6.54. The van der Waals surface area contributed by atoms with Gasteiger partial charge in [-0.3, -0.25) is 0 Å². The number of hydrogen-bond acceptors (Lipinski definition) is 2. The summed E-state index contributed by atoms with van der Waals surface area (Å²) in [5, 5.41) is 10.5. The lowest BCUT2D eigenvalue weighted by Crippen LogP contribution is -2.18. The summed E-state index contributed by atoms with van der Waals surface area (Å²) in [6.07, 6.45) is 1.04. The van der Waals surface area contributed by atoms with Crippen LogP contribution in [0.3, 0.4) is 0 Å². The molecule has 0 spiro atoms. The fourth-order valence-electron chi connectivity index (χ4n) is 2.57. The maximum Gasteiger partial charge on any atom is 0.0364 e. The van der Waals surface area contributed by atoms with Crippen LogP contribution in [-0.4, -0.2) is 7.05 Å². The molecule has 1 nitrogen and oxygen atoms in total. The van der Waals surface area contributed by atoms with Crippen LogP contribution in [-0.2, 0) is 6.42 Å². The second-order valence-electron chi connectivity index (χ2n) is 4.75. The highest BCUT2D eigenvalue weighted by Gasteiger charge is 2.13. The number of nitrogens with one attached hydrogen (secondary N) is 1. The zero-order valence-corrected chi connectivity index (χ0v) is 11.8. The Morgan fingerprint density at radius 3 is 2.68 bits per heavy atom. The van der Waals surface area contributed by atoms with E-state index in [4.69, 9.17) is 0 Å². The van der Waals surface area contributed by atoms with Crippen molar-refractivity contribution in [3.63, 3.8) is 0 Å². The van der Waals surface area contributed by atoms with Gasteiger partial charge in [-0.1, -0.05) is 42.5 Å². The fourth-order valence-corrected chi connectivity index (χ4v) is 3.25. The Hall–Kier alpha value is -1.64. The molecule has 1 atom stereocenters. The third kappa shape index (κ3) is 2.55. The molecule has 19 heavy (non-hydrogen) atoms. The largest absolute Gasteiger partial charge is 0.313 e. The standard InChI is InChI=1S/C17H17NS/c1-18-17(11-13-9-10-19-12-13)16-8-4-6-14-5-2-3-7-15(14)16/h2-10,12,17-18H,11H2,1H3. The Morgan fingerprint density at radius 2 is 1.89 bits per heavy atom. The van der Waals surface area contributed by atoms with Crippen molar-refractivity contribution in [2.75, 3.05) is 7.05 Å². The van der Waals surface area contributed by atoms with Crippen molar-refractivity contribution in [1.29, 1.82) is 0 Å². The molecular formula is C17H17NS. The topological polar surface area (TPSA) is 12.0 Å². The lowest BCUT2D eigenvalue weighted by molar-refractivity contribution is 0.597. The van der Waals surface area contributed by atoms with Gasteiger partial charge in [0.25, 0.3) is 0 Å². The summed E-state index contributed by atoms with van der Waals surface area (Å²) < 4.78 is 0. The van der Waals surface area contributed by atoms with Crippen LogP contribution in [0.2, 0.25) is 0 Å². The van der Waals surface area contributed by atoms with Gasteiger partial charge in [0.15, 0.2) is 0 Å². The van der Waals surface area contributed by atoms with E-state index in [9.17, 15) is 0 Å². The van der Waals surface area contributed by atoms with Crippen molar-refractivity contribution in [3.05, 3.63) is 70.4 Å². The van der Waals surface area contributed by atoms with Crippen molar-refractivity contribution in [1.82, 2.24) is 5.32 Å². The van der Waals surface area contributed by atoms with Gasteiger partial charge in [0.1, 0.15) is 0 Å². The number of fused-ring (bicyclic) bond motifs is 1. The van der Waals surface area contributed by atoms with Crippen molar-refractivity contribution in [2.45, 2.75) is 12.5 Å². The van der Waals surface area contributed by atoms with Gasteiger partial charge in [-0.15, -0.1) is 0 Å². The van der Waals surface area contributed by atoms with Gasteiger partial charge in [0, 0.05) is 6.04 Å². The minimum Gasteiger partial charge on any atom is -0.313 e. The van der Waals surface area contributed by atoms with Gasteiger partial charge in [-0.05, 0) is 52.2 Å². The minimum atomic E-state index is 0.362. The van der Waals surface area contributed by atoms with Crippen LogP contribution in [0.5, 0.6) is 0 Å². The zero-order valence-electron chi connectivity index (χ0n) is 11.0. The summed E-state index contributed by atoms with van der Waals surface area (Å²) >= 11 is 1.76. The van der Waals surface area contributed by atoms with Crippen molar-refractivity contribution < 1.29 is 0 Å². The molecule has 1 aromatic heterocycles. The van der Waals surface area contributed by atoms with Crippen LogP contribution in [0.1, 0.15) is 17.2 Å². The Balaban J connectivity index is 2.01. The quantitative estimate of drug-likeness (QED) is 0.738.